The Morgan fingerprint density at radius 1 is 1.30 bits per heavy atom. The molecule has 0 aliphatic rings. The molecule has 1 unspecified atom stereocenters. The molecule has 6 heteroatoms. The molecule has 1 aromatic rings. The Bertz CT molecular complexity index is 471. The largest absolute Gasteiger partial charge is 0.481 e. The monoisotopic (exact) mass is 285 g/mol. The Kier molecular flexibility index (Phi) is 6.09. The van der Waals surface area contributed by atoms with Crippen molar-refractivity contribution in [3.8, 4) is 0 Å². The molecule has 1 atom stereocenters. The van der Waals surface area contributed by atoms with Crippen molar-refractivity contribution in [3.63, 3.8) is 0 Å². The van der Waals surface area contributed by atoms with Crippen LogP contribution in [0, 0.1) is 11.6 Å². The summed E-state index contributed by atoms with van der Waals surface area (Å²) in [5.41, 5.74) is -0.310. The van der Waals surface area contributed by atoms with Crippen LogP contribution in [0.1, 0.15) is 31.7 Å². The van der Waals surface area contributed by atoms with Crippen LogP contribution in [0.15, 0.2) is 18.2 Å². The first kappa shape index (κ1) is 16.1. The van der Waals surface area contributed by atoms with Gasteiger partial charge in [0.25, 0.3) is 0 Å². The molecule has 0 saturated carbocycles. The molecular weight excluding hydrogens is 268 g/mol. The van der Waals surface area contributed by atoms with Gasteiger partial charge in [0.05, 0.1) is 12.8 Å². The molecule has 1 amide bonds. The highest BCUT2D eigenvalue weighted by Gasteiger charge is 2.18. The van der Waals surface area contributed by atoms with Gasteiger partial charge in [-0.25, -0.2) is 8.78 Å². The quantitative estimate of drug-likeness (QED) is 0.807. The Labute approximate surface area is 115 Å². The predicted octanol–water partition coefficient (Wildman–Crippen LogP) is 2.27. The van der Waals surface area contributed by atoms with Crippen molar-refractivity contribution >= 4 is 11.9 Å². The first-order valence-corrected chi connectivity index (χ1v) is 6.38. The molecule has 0 bridgehead atoms. The van der Waals surface area contributed by atoms with Gasteiger partial charge in [0, 0.05) is 11.6 Å². The molecule has 110 valence electrons. The molecule has 2 N–H and O–H groups in total. The van der Waals surface area contributed by atoms with E-state index in [2.05, 4.69) is 5.32 Å². The lowest BCUT2D eigenvalue weighted by atomic mass is 10.1. The molecule has 0 radical (unpaired) electrons. The fraction of sp³-hybridized carbons (Fsp3) is 0.429. The lowest BCUT2D eigenvalue weighted by Gasteiger charge is -2.16. The number of carbonyl (C=O) groups is 2. The van der Waals surface area contributed by atoms with Crippen molar-refractivity contribution in [3.05, 3.63) is 35.4 Å². The summed E-state index contributed by atoms with van der Waals surface area (Å²) >= 11 is 0. The van der Waals surface area contributed by atoms with Crippen molar-refractivity contribution in [2.24, 2.45) is 0 Å². The van der Waals surface area contributed by atoms with E-state index < -0.39 is 36.0 Å². The van der Waals surface area contributed by atoms with E-state index in [0.717, 1.165) is 12.1 Å². The molecule has 20 heavy (non-hydrogen) atoms. The van der Waals surface area contributed by atoms with Crippen LogP contribution in [0.25, 0.3) is 0 Å². The summed E-state index contributed by atoms with van der Waals surface area (Å²) in [6.07, 6.45) is 0.543. The Hall–Kier alpha value is -1.98. The number of rotatable bonds is 7. The van der Waals surface area contributed by atoms with Gasteiger partial charge in [-0.2, -0.15) is 0 Å². The standard InChI is InChI=1S/C14H17F2NO3/c1-2-4-9(7-14(19)20)17-13(18)8-10-11(15)5-3-6-12(10)16/h3,5-6,9H,2,4,7-8H2,1H3,(H,17,18)(H,19,20). The summed E-state index contributed by atoms with van der Waals surface area (Å²) in [7, 11) is 0. The highest BCUT2D eigenvalue weighted by atomic mass is 19.1. The molecule has 0 spiro atoms. The third-order valence-corrected chi connectivity index (χ3v) is 2.82. The van der Waals surface area contributed by atoms with E-state index in [-0.39, 0.29) is 12.0 Å². The van der Waals surface area contributed by atoms with Gasteiger partial charge < -0.3 is 10.4 Å². The number of carboxylic acids is 1. The lowest BCUT2D eigenvalue weighted by Crippen LogP contribution is -2.37. The van der Waals surface area contributed by atoms with Crippen LogP contribution in [0.2, 0.25) is 0 Å². The van der Waals surface area contributed by atoms with Crippen molar-refractivity contribution in [2.45, 2.75) is 38.6 Å². The smallest absolute Gasteiger partial charge is 0.305 e. The third-order valence-electron chi connectivity index (χ3n) is 2.82. The normalized spacial score (nSPS) is 11.9. The van der Waals surface area contributed by atoms with Crippen LogP contribution in [-0.4, -0.2) is 23.0 Å². The number of amides is 1. The van der Waals surface area contributed by atoms with Crippen molar-refractivity contribution in [1.29, 1.82) is 0 Å². The second kappa shape index (κ2) is 7.57. The fourth-order valence-corrected chi connectivity index (χ4v) is 1.92. The minimum Gasteiger partial charge on any atom is -0.481 e. The second-order valence-corrected chi connectivity index (χ2v) is 4.53. The minimum absolute atomic E-state index is 0.209. The van der Waals surface area contributed by atoms with Crippen LogP contribution < -0.4 is 5.32 Å². The zero-order valence-corrected chi connectivity index (χ0v) is 11.2. The third kappa shape index (κ3) is 4.95. The summed E-state index contributed by atoms with van der Waals surface area (Å²) in [5.74, 6) is -3.19. The average Bonchev–Trinajstić information content (AvgIpc) is 2.33. The van der Waals surface area contributed by atoms with Crippen molar-refractivity contribution < 1.29 is 23.5 Å². The molecule has 1 rings (SSSR count). The van der Waals surface area contributed by atoms with Gasteiger partial charge in [-0.05, 0) is 18.6 Å². The molecular formula is C14H17F2NO3. The maximum absolute atomic E-state index is 13.4. The zero-order valence-electron chi connectivity index (χ0n) is 11.2. The topological polar surface area (TPSA) is 66.4 Å². The molecule has 0 aromatic heterocycles. The number of aliphatic carboxylic acids is 1. The van der Waals surface area contributed by atoms with E-state index >= 15 is 0 Å². The van der Waals surface area contributed by atoms with Crippen LogP contribution in [0.3, 0.4) is 0 Å². The Morgan fingerprint density at radius 2 is 1.90 bits per heavy atom. The maximum atomic E-state index is 13.4. The van der Waals surface area contributed by atoms with Crippen LogP contribution in [0.4, 0.5) is 8.78 Å². The SMILES string of the molecule is CCCC(CC(=O)O)NC(=O)Cc1c(F)cccc1F. The van der Waals surface area contributed by atoms with Crippen LogP contribution in [0.5, 0.6) is 0 Å². The summed E-state index contributed by atoms with van der Waals surface area (Å²) in [5, 5.41) is 11.2. The van der Waals surface area contributed by atoms with Crippen molar-refractivity contribution in [1.82, 2.24) is 5.32 Å². The molecule has 0 heterocycles. The summed E-state index contributed by atoms with van der Waals surface area (Å²) < 4.78 is 26.8. The van der Waals surface area contributed by atoms with Crippen molar-refractivity contribution in [2.75, 3.05) is 0 Å². The first-order chi connectivity index (χ1) is 9.43. The maximum Gasteiger partial charge on any atom is 0.305 e. The number of halogens is 2. The van der Waals surface area contributed by atoms with E-state index in [1.54, 1.807) is 0 Å². The summed E-state index contributed by atoms with van der Waals surface area (Å²) in [6, 6.07) is 2.84. The zero-order chi connectivity index (χ0) is 15.1. The molecule has 0 aliphatic heterocycles. The Balaban J connectivity index is 2.68. The first-order valence-electron chi connectivity index (χ1n) is 6.38. The van der Waals surface area contributed by atoms with E-state index in [9.17, 15) is 18.4 Å². The fourth-order valence-electron chi connectivity index (χ4n) is 1.92. The van der Waals surface area contributed by atoms with Gasteiger partial charge in [-0.3, -0.25) is 9.59 Å². The molecule has 1 aromatic carbocycles. The highest BCUT2D eigenvalue weighted by Crippen LogP contribution is 2.13. The average molecular weight is 285 g/mol. The number of carbonyl (C=O) groups excluding carboxylic acids is 1. The number of hydrogen-bond donors (Lipinski definition) is 2. The number of benzene rings is 1. The second-order valence-electron chi connectivity index (χ2n) is 4.53. The number of carboxylic acid groups (broad SMARTS) is 1. The number of nitrogens with one attached hydrogen (secondary N) is 1. The number of hydrogen-bond acceptors (Lipinski definition) is 2. The van der Waals surface area contributed by atoms with Crippen LogP contribution in [-0.2, 0) is 16.0 Å². The van der Waals surface area contributed by atoms with Gasteiger partial charge in [0.15, 0.2) is 0 Å². The van der Waals surface area contributed by atoms with Gasteiger partial charge in [0.1, 0.15) is 11.6 Å². The predicted molar refractivity (Wildman–Crippen MR) is 69.2 cm³/mol. The van der Waals surface area contributed by atoms with Gasteiger partial charge in [0.2, 0.25) is 5.91 Å². The van der Waals surface area contributed by atoms with E-state index in [1.165, 1.54) is 6.07 Å². The van der Waals surface area contributed by atoms with E-state index in [1.807, 2.05) is 6.92 Å². The van der Waals surface area contributed by atoms with E-state index in [4.69, 9.17) is 5.11 Å². The molecule has 4 nitrogen and oxygen atoms in total. The van der Waals surface area contributed by atoms with Crippen LogP contribution >= 0.6 is 0 Å². The molecule has 0 fully saturated rings. The summed E-state index contributed by atoms with van der Waals surface area (Å²) in [6.45, 7) is 1.86. The molecule has 0 saturated heterocycles. The molecule has 0 aliphatic carbocycles. The Morgan fingerprint density at radius 3 is 2.40 bits per heavy atom. The minimum atomic E-state index is -1.03. The van der Waals surface area contributed by atoms with Gasteiger partial charge in [-0.1, -0.05) is 19.4 Å². The van der Waals surface area contributed by atoms with Gasteiger partial charge in [-0.15, -0.1) is 0 Å². The van der Waals surface area contributed by atoms with Gasteiger partial charge >= 0.3 is 5.97 Å². The van der Waals surface area contributed by atoms with E-state index in [0.29, 0.717) is 12.8 Å². The highest BCUT2D eigenvalue weighted by molar-refractivity contribution is 5.79. The summed E-state index contributed by atoms with van der Waals surface area (Å²) in [4.78, 5) is 22.4. The lowest BCUT2D eigenvalue weighted by molar-refractivity contribution is -0.137.